The molecule has 34 heavy (non-hydrogen) atoms. The highest BCUT2D eigenvalue weighted by molar-refractivity contribution is 6.36. The van der Waals surface area contributed by atoms with Crippen molar-refractivity contribution < 1.29 is 14.0 Å². The fourth-order valence-electron chi connectivity index (χ4n) is 4.99. The van der Waals surface area contributed by atoms with E-state index in [1.165, 1.54) is 12.1 Å². The normalized spacial score (nSPS) is 21.0. The minimum Gasteiger partial charge on any atom is -0.358 e. The zero-order valence-electron chi connectivity index (χ0n) is 19.4. The van der Waals surface area contributed by atoms with Crippen LogP contribution in [0, 0.1) is 12.7 Å². The summed E-state index contributed by atoms with van der Waals surface area (Å²) < 4.78 is 14.0. The lowest BCUT2D eigenvalue weighted by atomic mass is 9.94. The second kappa shape index (κ2) is 8.57. The maximum absolute atomic E-state index is 14.0. The molecular weight excluding hydrogens is 431 g/mol. The molecule has 3 aromatic rings. The maximum atomic E-state index is 14.0. The summed E-state index contributed by atoms with van der Waals surface area (Å²) in [4.78, 5) is 31.6. The van der Waals surface area contributed by atoms with Crippen LogP contribution in [-0.2, 0) is 4.79 Å². The second-order valence-corrected chi connectivity index (χ2v) is 9.21. The summed E-state index contributed by atoms with van der Waals surface area (Å²) >= 11 is 0. The number of amides is 2. The molecule has 6 nitrogen and oxygen atoms in total. The predicted molar refractivity (Wildman–Crippen MR) is 132 cm³/mol. The third-order valence-corrected chi connectivity index (χ3v) is 6.31. The number of anilines is 1. The summed E-state index contributed by atoms with van der Waals surface area (Å²) in [5.41, 5.74) is 5.21. The molecule has 0 spiro atoms. The molecule has 5 rings (SSSR count). The number of H-pyrrole nitrogens is 1. The standard InChI is InChI=1S/C27H27FN4O2/c1-15-10-21(27(34)32-13-16(2)29-17(3)14-32)24(30-15)12-22-25-20(18-6-4-7-19(28)11-18)8-5-9-23(25)31-26(22)33/h4-12,16-17,29-30H,13-14H2,1-3H3,(H,31,33)/t16-,17+. The van der Waals surface area contributed by atoms with Crippen LogP contribution in [0.4, 0.5) is 10.1 Å². The number of nitrogens with one attached hydrogen (secondary N) is 3. The second-order valence-electron chi connectivity index (χ2n) is 9.21. The summed E-state index contributed by atoms with van der Waals surface area (Å²) in [5.74, 6) is -0.660. The highest BCUT2D eigenvalue weighted by Gasteiger charge is 2.30. The number of fused-ring (bicyclic) bond motifs is 1. The van der Waals surface area contributed by atoms with Gasteiger partial charge in [-0.1, -0.05) is 24.3 Å². The number of nitrogens with zero attached hydrogens (tertiary/aromatic N) is 1. The molecule has 0 aliphatic carbocycles. The van der Waals surface area contributed by atoms with Gasteiger partial charge in [-0.3, -0.25) is 9.59 Å². The Bertz CT molecular complexity index is 1320. The Morgan fingerprint density at radius 2 is 1.82 bits per heavy atom. The molecule has 2 amide bonds. The monoisotopic (exact) mass is 458 g/mol. The lowest BCUT2D eigenvalue weighted by Gasteiger charge is -2.36. The molecule has 1 fully saturated rings. The number of piperazine rings is 1. The van der Waals surface area contributed by atoms with Gasteiger partial charge >= 0.3 is 0 Å². The number of benzene rings is 2. The summed E-state index contributed by atoms with van der Waals surface area (Å²) in [7, 11) is 0. The van der Waals surface area contributed by atoms with Crippen molar-refractivity contribution in [1.29, 1.82) is 0 Å². The molecule has 1 saturated heterocycles. The summed E-state index contributed by atoms with van der Waals surface area (Å²) in [6.45, 7) is 7.26. The number of carbonyl (C=O) groups is 2. The van der Waals surface area contributed by atoms with Crippen LogP contribution in [0.15, 0.2) is 48.5 Å². The average molecular weight is 459 g/mol. The number of aromatic nitrogens is 1. The van der Waals surface area contributed by atoms with Crippen LogP contribution in [0.2, 0.25) is 0 Å². The summed E-state index contributed by atoms with van der Waals surface area (Å²) in [5, 5.41) is 6.35. The number of rotatable bonds is 3. The molecule has 3 N–H and O–H groups in total. The van der Waals surface area contributed by atoms with Crippen molar-refractivity contribution in [3.8, 4) is 11.1 Å². The van der Waals surface area contributed by atoms with Crippen molar-refractivity contribution in [2.45, 2.75) is 32.9 Å². The number of carbonyl (C=O) groups excluding carboxylic acids is 2. The van der Waals surface area contributed by atoms with E-state index in [-0.39, 0.29) is 29.7 Å². The molecular formula is C27H27FN4O2. The first-order valence-corrected chi connectivity index (χ1v) is 11.5. The molecule has 2 aromatic carbocycles. The van der Waals surface area contributed by atoms with Crippen LogP contribution in [0.1, 0.15) is 41.2 Å². The highest BCUT2D eigenvalue weighted by atomic mass is 19.1. The molecule has 7 heteroatoms. The molecule has 0 radical (unpaired) electrons. The first-order chi connectivity index (χ1) is 16.3. The van der Waals surface area contributed by atoms with Crippen molar-refractivity contribution in [3.05, 3.63) is 76.9 Å². The Morgan fingerprint density at radius 1 is 1.09 bits per heavy atom. The van der Waals surface area contributed by atoms with Crippen LogP contribution >= 0.6 is 0 Å². The van der Waals surface area contributed by atoms with Gasteiger partial charge in [0.2, 0.25) is 0 Å². The summed E-state index contributed by atoms with van der Waals surface area (Å²) in [6, 6.07) is 14.1. The predicted octanol–water partition coefficient (Wildman–Crippen LogP) is 4.44. The Morgan fingerprint density at radius 3 is 2.56 bits per heavy atom. The smallest absolute Gasteiger partial charge is 0.256 e. The van der Waals surface area contributed by atoms with Crippen molar-refractivity contribution in [1.82, 2.24) is 15.2 Å². The minimum atomic E-state index is -0.342. The highest BCUT2D eigenvalue weighted by Crippen LogP contribution is 2.40. The van der Waals surface area contributed by atoms with Gasteiger partial charge in [0.1, 0.15) is 5.82 Å². The van der Waals surface area contributed by atoms with E-state index < -0.39 is 0 Å². The topological polar surface area (TPSA) is 77.2 Å². The zero-order valence-corrected chi connectivity index (χ0v) is 19.4. The molecule has 2 aliphatic heterocycles. The van der Waals surface area contributed by atoms with E-state index >= 15 is 0 Å². The molecule has 0 saturated carbocycles. The van der Waals surface area contributed by atoms with Gasteiger partial charge in [0.25, 0.3) is 11.8 Å². The van der Waals surface area contributed by atoms with Gasteiger partial charge in [-0.25, -0.2) is 4.39 Å². The SMILES string of the molecule is Cc1cc(C(=O)N2C[C@@H](C)N[C@@H](C)C2)c(C=C2C(=O)Nc3cccc(-c4cccc(F)c4)c32)[nH]1. The minimum absolute atomic E-state index is 0.0616. The first-order valence-electron chi connectivity index (χ1n) is 11.5. The maximum Gasteiger partial charge on any atom is 0.256 e. The van der Waals surface area contributed by atoms with Gasteiger partial charge in [-0.15, -0.1) is 0 Å². The summed E-state index contributed by atoms with van der Waals surface area (Å²) in [6.07, 6.45) is 1.74. The van der Waals surface area contributed by atoms with E-state index in [2.05, 4.69) is 29.5 Å². The van der Waals surface area contributed by atoms with Crippen LogP contribution in [0.25, 0.3) is 22.8 Å². The molecule has 1 aromatic heterocycles. The largest absolute Gasteiger partial charge is 0.358 e. The molecule has 0 unspecified atom stereocenters. The van der Waals surface area contributed by atoms with Crippen LogP contribution in [0.5, 0.6) is 0 Å². The fraction of sp³-hybridized carbons (Fsp3) is 0.259. The van der Waals surface area contributed by atoms with Gasteiger partial charge < -0.3 is 20.5 Å². The van der Waals surface area contributed by atoms with Crippen LogP contribution in [0.3, 0.4) is 0 Å². The first kappa shape index (κ1) is 22.1. The van der Waals surface area contributed by atoms with Crippen molar-refractivity contribution in [2.75, 3.05) is 18.4 Å². The number of hydrogen-bond acceptors (Lipinski definition) is 3. The van der Waals surface area contributed by atoms with E-state index in [0.29, 0.717) is 46.7 Å². The van der Waals surface area contributed by atoms with E-state index in [1.807, 2.05) is 42.2 Å². The van der Waals surface area contributed by atoms with E-state index in [9.17, 15) is 14.0 Å². The molecule has 174 valence electrons. The van der Waals surface area contributed by atoms with Crippen LogP contribution < -0.4 is 10.6 Å². The molecule has 3 heterocycles. The Balaban J connectivity index is 1.58. The lowest BCUT2D eigenvalue weighted by molar-refractivity contribution is -0.110. The van der Waals surface area contributed by atoms with Gasteiger partial charge in [-0.2, -0.15) is 0 Å². The van der Waals surface area contributed by atoms with Gasteiger partial charge in [0.15, 0.2) is 0 Å². The van der Waals surface area contributed by atoms with Gasteiger partial charge in [-0.05, 0) is 62.2 Å². The Labute approximate surface area is 197 Å². The van der Waals surface area contributed by atoms with E-state index in [4.69, 9.17) is 0 Å². The molecule has 2 atom stereocenters. The Hall–Kier alpha value is -3.71. The number of halogens is 1. The van der Waals surface area contributed by atoms with Crippen molar-refractivity contribution in [2.24, 2.45) is 0 Å². The number of aromatic amines is 1. The Kier molecular flexibility index (Phi) is 5.57. The van der Waals surface area contributed by atoms with Gasteiger partial charge in [0, 0.05) is 42.1 Å². The van der Waals surface area contributed by atoms with Crippen molar-refractivity contribution >= 4 is 29.2 Å². The van der Waals surface area contributed by atoms with Crippen LogP contribution in [-0.4, -0.2) is 46.9 Å². The molecule has 0 bridgehead atoms. The third-order valence-electron chi connectivity index (χ3n) is 6.31. The van der Waals surface area contributed by atoms with Gasteiger partial charge in [0.05, 0.1) is 16.8 Å². The quantitative estimate of drug-likeness (QED) is 0.508. The molecule has 2 aliphatic rings. The fourth-order valence-corrected chi connectivity index (χ4v) is 4.99. The third kappa shape index (κ3) is 4.03. The number of aryl methyl sites for hydroxylation is 1. The zero-order chi connectivity index (χ0) is 24.0. The van der Waals surface area contributed by atoms with Crippen molar-refractivity contribution in [3.63, 3.8) is 0 Å². The lowest BCUT2D eigenvalue weighted by Crippen LogP contribution is -2.55. The van der Waals surface area contributed by atoms with E-state index in [1.54, 1.807) is 12.1 Å². The number of hydrogen-bond donors (Lipinski definition) is 3. The average Bonchev–Trinajstić information content (AvgIpc) is 3.31. The van der Waals surface area contributed by atoms with E-state index in [0.717, 1.165) is 11.3 Å².